The van der Waals surface area contributed by atoms with E-state index in [1.54, 1.807) is 13.0 Å². The molecule has 0 fully saturated rings. The molecule has 3 nitrogen and oxygen atoms in total. The molecule has 1 unspecified atom stereocenters. The highest BCUT2D eigenvalue weighted by Crippen LogP contribution is 2.21. The van der Waals surface area contributed by atoms with Crippen LogP contribution in [0.1, 0.15) is 25.8 Å². The van der Waals surface area contributed by atoms with Gasteiger partial charge in [0.25, 0.3) is 0 Å². The van der Waals surface area contributed by atoms with Crippen LogP contribution in [0, 0.1) is 6.92 Å². The van der Waals surface area contributed by atoms with Crippen LogP contribution in [0.5, 0.6) is 5.75 Å². The van der Waals surface area contributed by atoms with Gasteiger partial charge in [-0.2, -0.15) is 0 Å². The van der Waals surface area contributed by atoms with Gasteiger partial charge in [-0.05, 0) is 50.6 Å². The third-order valence-electron chi connectivity index (χ3n) is 2.61. The van der Waals surface area contributed by atoms with Crippen LogP contribution in [-0.2, 0) is 0 Å². The summed E-state index contributed by atoms with van der Waals surface area (Å²) in [6.07, 6.45) is 1.05. The Morgan fingerprint density at radius 3 is 2.78 bits per heavy atom. The molecule has 0 heterocycles. The van der Waals surface area contributed by atoms with Crippen LogP contribution in [-0.4, -0.2) is 30.4 Å². The van der Waals surface area contributed by atoms with Crippen molar-refractivity contribution in [3.63, 3.8) is 0 Å². The molecule has 18 heavy (non-hydrogen) atoms. The van der Waals surface area contributed by atoms with E-state index < -0.39 is 5.60 Å². The number of aliphatic hydroxyl groups is 1. The highest BCUT2D eigenvalue weighted by molar-refractivity contribution is 6.31. The molecule has 1 atom stereocenters. The fraction of sp³-hybridized carbons (Fsp3) is 0.571. The summed E-state index contributed by atoms with van der Waals surface area (Å²) in [4.78, 5) is 0. The predicted octanol–water partition coefficient (Wildman–Crippen LogP) is 2.78. The lowest BCUT2D eigenvalue weighted by Crippen LogP contribution is -2.43. The van der Waals surface area contributed by atoms with E-state index in [9.17, 15) is 5.11 Å². The molecule has 0 radical (unpaired) electrons. The number of benzene rings is 1. The first-order chi connectivity index (χ1) is 8.44. The van der Waals surface area contributed by atoms with E-state index in [1.165, 1.54) is 0 Å². The number of ether oxygens (including phenoxy) is 1. The Morgan fingerprint density at radius 2 is 2.17 bits per heavy atom. The third kappa shape index (κ3) is 5.25. The first-order valence-electron chi connectivity index (χ1n) is 6.26. The van der Waals surface area contributed by atoms with Crippen LogP contribution >= 0.6 is 11.6 Å². The van der Waals surface area contributed by atoms with Crippen molar-refractivity contribution in [3.8, 4) is 5.75 Å². The minimum absolute atomic E-state index is 0.255. The lowest BCUT2D eigenvalue weighted by molar-refractivity contribution is 0.0125. The molecular weight excluding hydrogens is 250 g/mol. The zero-order valence-corrected chi connectivity index (χ0v) is 12.0. The number of hydrogen-bond donors (Lipinski definition) is 2. The summed E-state index contributed by atoms with van der Waals surface area (Å²) in [5, 5.41) is 14.0. The molecule has 1 aromatic rings. The van der Waals surface area contributed by atoms with Gasteiger partial charge in [0.1, 0.15) is 18.0 Å². The fourth-order valence-electron chi connectivity index (χ4n) is 1.53. The van der Waals surface area contributed by atoms with Gasteiger partial charge in [-0.15, -0.1) is 0 Å². The number of nitrogens with one attached hydrogen (secondary N) is 1. The Morgan fingerprint density at radius 1 is 1.44 bits per heavy atom. The Hall–Kier alpha value is -0.770. The first kappa shape index (κ1) is 15.3. The van der Waals surface area contributed by atoms with Crippen molar-refractivity contribution in [1.82, 2.24) is 5.32 Å². The van der Waals surface area contributed by atoms with Crippen LogP contribution in [0.3, 0.4) is 0 Å². The first-order valence-corrected chi connectivity index (χ1v) is 6.64. The van der Waals surface area contributed by atoms with Gasteiger partial charge >= 0.3 is 0 Å². The summed E-state index contributed by atoms with van der Waals surface area (Å²) in [5.41, 5.74) is 0.0980. The Kier molecular flexibility index (Phi) is 5.93. The lowest BCUT2D eigenvalue weighted by atomic mass is 10.1. The summed E-state index contributed by atoms with van der Waals surface area (Å²) < 4.78 is 5.59. The maximum Gasteiger partial charge on any atom is 0.119 e. The lowest BCUT2D eigenvalue weighted by Gasteiger charge is -2.24. The number of rotatable bonds is 7. The summed E-state index contributed by atoms with van der Waals surface area (Å²) in [6, 6.07) is 5.49. The van der Waals surface area contributed by atoms with Crippen LogP contribution in [0.4, 0.5) is 0 Å². The van der Waals surface area contributed by atoms with Gasteiger partial charge in [-0.1, -0.05) is 18.5 Å². The fourth-order valence-corrected chi connectivity index (χ4v) is 1.65. The maximum absolute atomic E-state index is 10.1. The smallest absolute Gasteiger partial charge is 0.119 e. The highest BCUT2D eigenvalue weighted by atomic mass is 35.5. The quantitative estimate of drug-likeness (QED) is 0.750. The molecule has 0 saturated carbocycles. The van der Waals surface area contributed by atoms with Crippen molar-refractivity contribution in [3.05, 3.63) is 28.8 Å². The second-order valence-corrected chi connectivity index (χ2v) is 5.28. The maximum atomic E-state index is 10.1. The van der Waals surface area contributed by atoms with Crippen LogP contribution in [0.2, 0.25) is 5.02 Å². The van der Waals surface area contributed by atoms with Gasteiger partial charge in [0.2, 0.25) is 0 Å². The predicted molar refractivity (Wildman–Crippen MR) is 75.5 cm³/mol. The molecular formula is C14H22ClNO2. The van der Waals surface area contributed by atoms with Crippen molar-refractivity contribution in [2.45, 2.75) is 32.8 Å². The van der Waals surface area contributed by atoms with E-state index in [0.717, 1.165) is 29.3 Å². The van der Waals surface area contributed by atoms with Gasteiger partial charge in [0, 0.05) is 11.6 Å². The van der Waals surface area contributed by atoms with E-state index >= 15 is 0 Å². The van der Waals surface area contributed by atoms with Gasteiger partial charge in [0.15, 0.2) is 0 Å². The van der Waals surface area contributed by atoms with Gasteiger partial charge < -0.3 is 15.2 Å². The highest BCUT2D eigenvalue weighted by Gasteiger charge is 2.20. The number of aryl methyl sites for hydroxylation is 1. The zero-order valence-electron chi connectivity index (χ0n) is 11.3. The topological polar surface area (TPSA) is 41.5 Å². The second-order valence-electron chi connectivity index (χ2n) is 4.87. The monoisotopic (exact) mass is 271 g/mol. The molecule has 102 valence electrons. The molecule has 0 saturated heterocycles. The Bertz CT molecular complexity index is 380. The number of halogens is 1. The van der Waals surface area contributed by atoms with Crippen LogP contribution in [0.15, 0.2) is 18.2 Å². The normalized spacial score (nSPS) is 14.3. The molecule has 0 aliphatic heterocycles. The minimum atomic E-state index is -0.872. The van der Waals surface area contributed by atoms with E-state index in [2.05, 4.69) is 12.2 Å². The van der Waals surface area contributed by atoms with Crippen molar-refractivity contribution >= 4 is 11.6 Å². The molecule has 0 amide bonds. The van der Waals surface area contributed by atoms with Crippen LogP contribution in [0.25, 0.3) is 0 Å². The van der Waals surface area contributed by atoms with Crippen molar-refractivity contribution < 1.29 is 9.84 Å². The SMILES string of the molecule is CCCNCC(C)(O)COc1ccc(Cl)c(C)c1. The molecule has 1 rings (SSSR count). The van der Waals surface area contributed by atoms with Gasteiger partial charge in [-0.3, -0.25) is 0 Å². The molecule has 2 N–H and O–H groups in total. The Labute approximate surface area is 114 Å². The molecule has 0 aromatic heterocycles. The molecule has 0 aliphatic rings. The van der Waals surface area contributed by atoms with Gasteiger partial charge in [-0.25, -0.2) is 0 Å². The molecule has 0 spiro atoms. The summed E-state index contributed by atoms with van der Waals surface area (Å²) in [5.74, 6) is 0.729. The van der Waals surface area contributed by atoms with E-state index in [4.69, 9.17) is 16.3 Å². The summed E-state index contributed by atoms with van der Waals surface area (Å²) in [6.45, 7) is 7.46. The number of hydrogen-bond acceptors (Lipinski definition) is 3. The average molecular weight is 272 g/mol. The standard InChI is InChI=1S/C14H22ClNO2/c1-4-7-16-9-14(3,17)10-18-12-5-6-13(15)11(2)8-12/h5-6,8,16-17H,4,7,9-10H2,1-3H3. The molecule has 1 aromatic carbocycles. The molecule has 0 aliphatic carbocycles. The summed E-state index contributed by atoms with van der Waals surface area (Å²) in [7, 11) is 0. The molecule has 0 bridgehead atoms. The Balaban J connectivity index is 2.45. The van der Waals surface area contributed by atoms with Gasteiger partial charge in [0.05, 0.1) is 0 Å². The van der Waals surface area contributed by atoms with E-state index in [0.29, 0.717) is 6.54 Å². The minimum Gasteiger partial charge on any atom is -0.491 e. The van der Waals surface area contributed by atoms with E-state index in [1.807, 2.05) is 19.1 Å². The molecule has 4 heteroatoms. The van der Waals surface area contributed by atoms with Crippen molar-refractivity contribution in [2.24, 2.45) is 0 Å². The largest absolute Gasteiger partial charge is 0.491 e. The third-order valence-corrected chi connectivity index (χ3v) is 3.04. The summed E-state index contributed by atoms with van der Waals surface area (Å²) >= 11 is 5.94. The van der Waals surface area contributed by atoms with Crippen LogP contribution < -0.4 is 10.1 Å². The van der Waals surface area contributed by atoms with Crippen molar-refractivity contribution in [2.75, 3.05) is 19.7 Å². The zero-order chi connectivity index (χ0) is 13.6. The average Bonchev–Trinajstić information content (AvgIpc) is 2.31. The second kappa shape index (κ2) is 6.98. The van der Waals surface area contributed by atoms with E-state index in [-0.39, 0.29) is 6.61 Å². The van der Waals surface area contributed by atoms with Crippen molar-refractivity contribution in [1.29, 1.82) is 0 Å².